The fraction of sp³-hybridized carbons (Fsp3) is 0.381. The minimum absolute atomic E-state index is 0.125. The third kappa shape index (κ3) is 3.38. The number of morpholine rings is 1. The van der Waals surface area contributed by atoms with Crippen molar-refractivity contribution in [3.63, 3.8) is 0 Å². The molecule has 0 unspecified atom stereocenters. The molecule has 26 heavy (non-hydrogen) atoms. The molecule has 0 aliphatic carbocycles. The van der Waals surface area contributed by atoms with Gasteiger partial charge in [0.1, 0.15) is 0 Å². The predicted octanol–water partition coefficient (Wildman–Crippen LogP) is 3.79. The molecule has 4 rings (SSSR count). The lowest BCUT2D eigenvalue weighted by Crippen LogP contribution is -2.40. The Bertz CT molecular complexity index is 831. The van der Waals surface area contributed by atoms with Crippen molar-refractivity contribution < 1.29 is 9.53 Å². The number of hydrogen-bond donors (Lipinski definition) is 0. The van der Waals surface area contributed by atoms with Crippen LogP contribution < -0.4 is 4.90 Å². The molecule has 0 saturated carbocycles. The lowest BCUT2D eigenvalue weighted by molar-refractivity contribution is 0.0734. The molecule has 4 nitrogen and oxygen atoms in total. The first-order valence-corrected chi connectivity index (χ1v) is 9.91. The van der Waals surface area contributed by atoms with Gasteiger partial charge in [0.25, 0.3) is 5.91 Å². The van der Waals surface area contributed by atoms with E-state index >= 15 is 0 Å². The average Bonchev–Trinajstić information content (AvgIpc) is 2.68. The normalized spacial score (nSPS) is 17.2. The summed E-state index contributed by atoms with van der Waals surface area (Å²) in [6, 6.07) is 12.3. The second-order valence-corrected chi connectivity index (χ2v) is 7.87. The molecule has 0 bridgehead atoms. The Balaban J connectivity index is 1.61. The van der Waals surface area contributed by atoms with Crippen molar-refractivity contribution in [2.24, 2.45) is 0 Å². The molecule has 2 aliphatic heterocycles. The number of carbonyl (C=O) groups excluding carboxylic acids is 1. The highest BCUT2D eigenvalue weighted by molar-refractivity contribution is 9.10. The van der Waals surface area contributed by atoms with Crippen LogP contribution in [0.1, 0.15) is 27.0 Å². The van der Waals surface area contributed by atoms with Gasteiger partial charge in [-0.05, 0) is 54.3 Å². The summed E-state index contributed by atoms with van der Waals surface area (Å²) < 4.78 is 6.58. The van der Waals surface area contributed by atoms with Gasteiger partial charge in [-0.1, -0.05) is 28.1 Å². The summed E-state index contributed by atoms with van der Waals surface area (Å²) >= 11 is 3.58. The van der Waals surface area contributed by atoms with Crippen LogP contribution in [0.15, 0.2) is 40.9 Å². The summed E-state index contributed by atoms with van der Waals surface area (Å²) in [7, 11) is 0. The minimum Gasteiger partial charge on any atom is -0.378 e. The molecule has 136 valence electrons. The number of amides is 1. The number of anilines is 1. The average molecular weight is 415 g/mol. The first kappa shape index (κ1) is 17.6. The van der Waals surface area contributed by atoms with Crippen molar-refractivity contribution in [2.75, 3.05) is 37.7 Å². The standard InChI is InChI=1S/C21H23BrN2O2/c1-15-12-17(22)13-16-6-7-24(14-19(15)16)21(25)18-4-2-3-5-20(18)23-8-10-26-11-9-23/h2-5,12-13H,6-11,14H2,1H3. The van der Waals surface area contributed by atoms with Crippen LogP contribution in [0.5, 0.6) is 0 Å². The zero-order valence-corrected chi connectivity index (χ0v) is 16.6. The van der Waals surface area contributed by atoms with Gasteiger partial charge in [0.2, 0.25) is 0 Å². The maximum Gasteiger partial charge on any atom is 0.256 e. The fourth-order valence-electron chi connectivity index (χ4n) is 3.90. The zero-order valence-electron chi connectivity index (χ0n) is 15.0. The molecule has 0 spiro atoms. The predicted molar refractivity (Wildman–Crippen MR) is 107 cm³/mol. The SMILES string of the molecule is Cc1cc(Br)cc2c1CN(C(=O)c1ccccc1N1CCOCC1)CC2. The maximum absolute atomic E-state index is 13.3. The second-order valence-electron chi connectivity index (χ2n) is 6.95. The molecule has 0 aromatic heterocycles. The van der Waals surface area contributed by atoms with E-state index in [9.17, 15) is 4.79 Å². The van der Waals surface area contributed by atoms with E-state index in [-0.39, 0.29) is 5.91 Å². The summed E-state index contributed by atoms with van der Waals surface area (Å²) in [4.78, 5) is 17.6. The number of hydrogen-bond acceptors (Lipinski definition) is 3. The van der Waals surface area contributed by atoms with E-state index in [1.165, 1.54) is 16.7 Å². The summed E-state index contributed by atoms with van der Waals surface area (Å²) in [5.41, 5.74) is 5.71. The molecule has 0 atom stereocenters. The van der Waals surface area contributed by atoms with Crippen molar-refractivity contribution in [3.05, 3.63) is 63.1 Å². The van der Waals surface area contributed by atoms with E-state index in [0.717, 1.165) is 41.8 Å². The number of fused-ring (bicyclic) bond motifs is 1. The highest BCUT2D eigenvalue weighted by Gasteiger charge is 2.26. The van der Waals surface area contributed by atoms with Gasteiger partial charge in [0, 0.05) is 36.3 Å². The molecular weight excluding hydrogens is 392 g/mol. The maximum atomic E-state index is 13.3. The Morgan fingerprint density at radius 3 is 2.69 bits per heavy atom. The summed E-state index contributed by atoms with van der Waals surface area (Å²) in [5.74, 6) is 0.125. The molecular formula is C21H23BrN2O2. The van der Waals surface area contributed by atoms with Gasteiger partial charge in [0.15, 0.2) is 0 Å². The van der Waals surface area contributed by atoms with Crippen LogP contribution in [0.4, 0.5) is 5.69 Å². The van der Waals surface area contributed by atoms with E-state index in [1.807, 2.05) is 23.1 Å². The van der Waals surface area contributed by atoms with E-state index in [0.29, 0.717) is 19.8 Å². The van der Waals surface area contributed by atoms with E-state index in [2.05, 4.69) is 46.0 Å². The second kappa shape index (κ2) is 7.41. The van der Waals surface area contributed by atoms with Gasteiger partial charge in [-0.25, -0.2) is 0 Å². The highest BCUT2D eigenvalue weighted by atomic mass is 79.9. The molecule has 1 fully saturated rings. The molecule has 1 saturated heterocycles. The zero-order chi connectivity index (χ0) is 18.1. The smallest absolute Gasteiger partial charge is 0.256 e. The largest absolute Gasteiger partial charge is 0.378 e. The highest BCUT2D eigenvalue weighted by Crippen LogP contribution is 2.29. The van der Waals surface area contributed by atoms with Crippen molar-refractivity contribution in [3.8, 4) is 0 Å². The number of nitrogens with zero attached hydrogens (tertiary/aromatic N) is 2. The van der Waals surface area contributed by atoms with E-state index in [4.69, 9.17) is 4.74 Å². The van der Waals surface area contributed by atoms with Gasteiger partial charge >= 0.3 is 0 Å². The van der Waals surface area contributed by atoms with Gasteiger partial charge in [-0.15, -0.1) is 0 Å². The Morgan fingerprint density at radius 1 is 1.12 bits per heavy atom. The van der Waals surface area contributed by atoms with Crippen LogP contribution in [-0.4, -0.2) is 43.7 Å². The minimum atomic E-state index is 0.125. The fourth-order valence-corrected chi connectivity index (χ4v) is 4.51. The van der Waals surface area contributed by atoms with E-state index in [1.54, 1.807) is 0 Å². The van der Waals surface area contributed by atoms with Gasteiger partial charge in [-0.3, -0.25) is 4.79 Å². The van der Waals surface area contributed by atoms with Crippen LogP contribution in [-0.2, 0) is 17.7 Å². The van der Waals surface area contributed by atoms with Crippen molar-refractivity contribution in [1.82, 2.24) is 4.90 Å². The van der Waals surface area contributed by atoms with Gasteiger partial charge < -0.3 is 14.5 Å². The molecule has 5 heteroatoms. The third-order valence-corrected chi connectivity index (χ3v) is 5.76. The number of carbonyl (C=O) groups is 1. The molecule has 2 aliphatic rings. The van der Waals surface area contributed by atoms with Crippen molar-refractivity contribution in [1.29, 1.82) is 0 Å². The van der Waals surface area contributed by atoms with Gasteiger partial charge in [0.05, 0.1) is 18.8 Å². The third-order valence-electron chi connectivity index (χ3n) is 5.30. The Labute approximate surface area is 162 Å². The summed E-state index contributed by atoms with van der Waals surface area (Å²) in [5, 5.41) is 0. The van der Waals surface area contributed by atoms with Crippen LogP contribution in [0.25, 0.3) is 0 Å². The quantitative estimate of drug-likeness (QED) is 0.748. The Hall–Kier alpha value is -1.85. The molecule has 1 amide bonds. The van der Waals surface area contributed by atoms with Crippen LogP contribution in [0.2, 0.25) is 0 Å². The van der Waals surface area contributed by atoms with Crippen molar-refractivity contribution >= 4 is 27.5 Å². The summed E-state index contributed by atoms with van der Waals surface area (Å²) in [6.45, 7) is 6.67. The first-order chi connectivity index (χ1) is 12.6. The molecule has 2 aromatic carbocycles. The first-order valence-electron chi connectivity index (χ1n) is 9.12. The Morgan fingerprint density at radius 2 is 1.88 bits per heavy atom. The molecule has 2 aromatic rings. The van der Waals surface area contributed by atoms with E-state index < -0.39 is 0 Å². The summed E-state index contributed by atoms with van der Waals surface area (Å²) in [6.07, 6.45) is 0.904. The van der Waals surface area contributed by atoms with Crippen LogP contribution in [0.3, 0.4) is 0 Å². The van der Waals surface area contributed by atoms with Gasteiger partial charge in [-0.2, -0.15) is 0 Å². The van der Waals surface area contributed by atoms with Crippen molar-refractivity contribution in [2.45, 2.75) is 19.9 Å². The van der Waals surface area contributed by atoms with Crippen LogP contribution in [0, 0.1) is 6.92 Å². The molecule has 0 N–H and O–H groups in total. The lowest BCUT2D eigenvalue weighted by atomic mass is 9.95. The number of aryl methyl sites for hydroxylation is 1. The number of halogens is 1. The van der Waals surface area contributed by atoms with Crippen LogP contribution >= 0.6 is 15.9 Å². The molecule has 2 heterocycles. The molecule has 0 radical (unpaired) electrons. The lowest BCUT2D eigenvalue weighted by Gasteiger charge is -2.33. The Kier molecular flexibility index (Phi) is 5.00. The number of para-hydroxylation sites is 1. The number of benzene rings is 2. The monoisotopic (exact) mass is 414 g/mol. The number of rotatable bonds is 2. The number of ether oxygens (including phenoxy) is 1. The topological polar surface area (TPSA) is 32.8 Å².